The second kappa shape index (κ2) is 9.08. The lowest BCUT2D eigenvalue weighted by molar-refractivity contribution is -0.121. The molecule has 0 radical (unpaired) electrons. The molecule has 146 valence electrons. The normalized spacial score (nSPS) is 15.0. The van der Waals surface area contributed by atoms with E-state index in [1.807, 2.05) is 44.2 Å². The van der Waals surface area contributed by atoms with E-state index in [9.17, 15) is 9.59 Å². The van der Waals surface area contributed by atoms with Crippen LogP contribution in [-0.2, 0) is 16.0 Å². The Hall–Kier alpha value is -3.28. The van der Waals surface area contributed by atoms with Gasteiger partial charge in [-0.15, -0.1) is 0 Å². The maximum absolute atomic E-state index is 12.1. The molecule has 0 aromatic heterocycles. The summed E-state index contributed by atoms with van der Waals surface area (Å²) in [6.07, 6.45) is 4.03. The van der Waals surface area contributed by atoms with Crippen LogP contribution in [0.5, 0.6) is 11.5 Å². The lowest BCUT2D eigenvalue weighted by atomic mass is 10.1. The molecule has 28 heavy (non-hydrogen) atoms. The predicted molar refractivity (Wildman–Crippen MR) is 109 cm³/mol. The minimum Gasteiger partial charge on any atom is -0.493 e. The Morgan fingerprint density at radius 2 is 2.04 bits per heavy atom. The van der Waals surface area contributed by atoms with Crippen LogP contribution in [-0.4, -0.2) is 31.1 Å². The van der Waals surface area contributed by atoms with Crippen molar-refractivity contribution in [2.45, 2.75) is 26.4 Å². The summed E-state index contributed by atoms with van der Waals surface area (Å²) in [5.74, 6) is 0.881. The third-order valence-electron chi connectivity index (χ3n) is 4.22. The van der Waals surface area contributed by atoms with E-state index in [2.05, 4.69) is 10.6 Å². The highest BCUT2D eigenvalue weighted by Gasteiger charge is 2.21. The summed E-state index contributed by atoms with van der Waals surface area (Å²) in [5.41, 5.74) is 2.56. The van der Waals surface area contributed by atoms with Gasteiger partial charge in [-0.2, -0.15) is 0 Å². The first-order chi connectivity index (χ1) is 13.5. The quantitative estimate of drug-likeness (QED) is 0.724. The van der Waals surface area contributed by atoms with Crippen LogP contribution < -0.4 is 20.1 Å². The average Bonchev–Trinajstić information content (AvgIpc) is 3.04. The van der Waals surface area contributed by atoms with Crippen LogP contribution in [0.15, 0.2) is 48.5 Å². The van der Waals surface area contributed by atoms with Gasteiger partial charge in [-0.3, -0.25) is 9.59 Å². The van der Waals surface area contributed by atoms with Crippen LogP contribution >= 0.6 is 0 Å². The fraction of sp³-hybridized carbons (Fsp3) is 0.273. The molecule has 1 aliphatic rings. The topological polar surface area (TPSA) is 76.7 Å². The van der Waals surface area contributed by atoms with Crippen molar-refractivity contribution < 1.29 is 19.1 Å². The van der Waals surface area contributed by atoms with E-state index in [0.29, 0.717) is 18.0 Å². The molecule has 0 saturated heterocycles. The zero-order valence-electron chi connectivity index (χ0n) is 16.0. The summed E-state index contributed by atoms with van der Waals surface area (Å²) in [7, 11) is 0. The number of para-hydroxylation sites is 1. The standard InChI is InChI=1S/C22H24N2O4/c1-3-27-19-13-17-11-15(2)28-20(17)12-16(19)9-10-21(25)23-14-22(26)24-18-7-5-4-6-8-18/h4-10,12-13,15H,3,11,14H2,1-2H3,(H,23,25)(H,24,26)/b10-9+. The molecule has 1 heterocycles. The largest absolute Gasteiger partial charge is 0.493 e. The van der Waals surface area contributed by atoms with Crippen LogP contribution in [0.4, 0.5) is 5.69 Å². The fourth-order valence-corrected chi connectivity index (χ4v) is 2.98. The lowest BCUT2D eigenvalue weighted by Gasteiger charge is -2.10. The van der Waals surface area contributed by atoms with Gasteiger partial charge in [-0.05, 0) is 44.2 Å². The van der Waals surface area contributed by atoms with E-state index in [4.69, 9.17) is 9.47 Å². The van der Waals surface area contributed by atoms with Gasteiger partial charge < -0.3 is 20.1 Å². The number of amides is 2. The number of carbonyl (C=O) groups excluding carboxylic acids is 2. The van der Waals surface area contributed by atoms with Crippen molar-refractivity contribution in [1.82, 2.24) is 5.32 Å². The molecule has 0 aliphatic carbocycles. The van der Waals surface area contributed by atoms with E-state index in [0.717, 1.165) is 23.3 Å². The third kappa shape index (κ3) is 5.13. The van der Waals surface area contributed by atoms with Crippen LogP contribution in [0.25, 0.3) is 6.08 Å². The molecule has 0 saturated carbocycles. The Labute approximate surface area is 164 Å². The van der Waals surface area contributed by atoms with E-state index >= 15 is 0 Å². The van der Waals surface area contributed by atoms with Gasteiger partial charge in [0.1, 0.15) is 17.6 Å². The third-order valence-corrected chi connectivity index (χ3v) is 4.22. The van der Waals surface area contributed by atoms with Gasteiger partial charge in [0.15, 0.2) is 0 Å². The highest BCUT2D eigenvalue weighted by atomic mass is 16.5. The Morgan fingerprint density at radius 3 is 2.79 bits per heavy atom. The Bertz CT molecular complexity index is 878. The van der Waals surface area contributed by atoms with Gasteiger partial charge in [0, 0.05) is 29.3 Å². The van der Waals surface area contributed by atoms with Gasteiger partial charge in [0.05, 0.1) is 13.2 Å². The van der Waals surface area contributed by atoms with Crippen LogP contribution in [0.1, 0.15) is 25.0 Å². The smallest absolute Gasteiger partial charge is 0.244 e. The average molecular weight is 380 g/mol. The summed E-state index contributed by atoms with van der Waals surface area (Å²) in [5, 5.41) is 5.29. The van der Waals surface area contributed by atoms with Crippen LogP contribution in [0.2, 0.25) is 0 Å². The van der Waals surface area contributed by atoms with Gasteiger partial charge in [0.2, 0.25) is 11.8 Å². The SMILES string of the molecule is CCOc1cc2c(cc1/C=C/C(=O)NCC(=O)Nc1ccccc1)OC(C)C2. The lowest BCUT2D eigenvalue weighted by Crippen LogP contribution is -2.31. The molecular weight excluding hydrogens is 356 g/mol. The van der Waals surface area contributed by atoms with Crippen molar-refractivity contribution in [1.29, 1.82) is 0 Å². The zero-order chi connectivity index (χ0) is 19.9. The first kappa shape index (κ1) is 19.5. The molecular formula is C22H24N2O4. The van der Waals surface area contributed by atoms with E-state index < -0.39 is 0 Å². The molecule has 0 bridgehead atoms. The van der Waals surface area contributed by atoms with Gasteiger partial charge in [-0.1, -0.05) is 18.2 Å². The summed E-state index contributed by atoms with van der Waals surface area (Å²) in [6.45, 7) is 4.35. The maximum Gasteiger partial charge on any atom is 0.244 e. The molecule has 1 unspecified atom stereocenters. The first-order valence-electron chi connectivity index (χ1n) is 9.32. The van der Waals surface area contributed by atoms with Crippen LogP contribution in [0, 0.1) is 0 Å². The van der Waals surface area contributed by atoms with Crippen molar-refractivity contribution in [3.05, 3.63) is 59.7 Å². The predicted octanol–water partition coefficient (Wildman–Crippen LogP) is 3.18. The summed E-state index contributed by atoms with van der Waals surface area (Å²) < 4.78 is 11.5. The monoisotopic (exact) mass is 380 g/mol. The zero-order valence-corrected chi connectivity index (χ0v) is 16.0. The number of carbonyl (C=O) groups is 2. The van der Waals surface area contributed by atoms with Gasteiger partial charge in [0.25, 0.3) is 0 Å². The van der Waals surface area contributed by atoms with Crippen LogP contribution in [0.3, 0.4) is 0 Å². The van der Waals surface area contributed by atoms with Gasteiger partial charge >= 0.3 is 0 Å². The summed E-state index contributed by atoms with van der Waals surface area (Å²) in [6, 6.07) is 12.9. The Balaban J connectivity index is 1.59. The Morgan fingerprint density at radius 1 is 1.25 bits per heavy atom. The van der Waals surface area contributed by atoms with Gasteiger partial charge in [-0.25, -0.2) is 0 Å². The first-order valence-corrected chi connectivity index (χ1v) is 9.32. The van der Waals surface area contributed by atoms with E-state index in [1.54, 1.807) is 18.2 Å². The minimum atomic E-state index is -0.361. The van der Waals surface area contributed by atoms with E-state index in [-0.39, 0.29) is 24.5 Å². The fourth-order valence-electron chi connectivity index (χ4n) is 2.98. The molecule has 2 amide bonds. The van der Waals surface area contributed by atoms with E-state index in [1.165, 1.54) is 6.08 Å². The number of anilines is 1. The summed E-state index contributed by atoms with van der Waals surface area (Å²) >= 11 is 0. The summed E-state index contributed by atoms with van der Waals surface area (Å²) in [4.78, 5) is 24.0. The second-order valence-electron chi connectivity index (χ2n) is 6.53. The van der Waals surface area contributed by atoms with Crippen molar-refractivity contribution in [3.8, 4) is 11.5 Å². The molecule has 3 rings (SSSR count). The molecule has 1 atom stereocenters. The molecule has 1 aliphatic heterocycles. The second-order valence-corrected chi connectivity index (χ2v) is 6.53. The number of hydrogen-bond donors (Lipinski definition) is 2. The Kier molecular flexibility index (Phi) is 6.32. The maximum atomic E-state index is 12.1. The highest BCUT2D eigenvalue weighted by Crippen LogP contribution is 2.35. The molecule has 0 spiro atoms. The van der Waals surface area contributed by atoms with Crippen molar-refractivity contribution in [2.24, 2.45) is 0 Å². The molecule has 0 fully saturated rings. The molecule has 2 aromatic rings. The number of nitrogens with one attached hydrogen (secondary N) is 2. The van der Waals surface area contributed by atoms with Crippen molar-refractivity contribution in [2.75, 3.05) is 18.5 Å². The molecule has 6 heteroatoms. The number of benzene rings is 2. The number of rotatable bonds is 7. The highest BCUT2D eigenvalue weighted by molar-refractivity contribution is 5.98. The number of ether oxygens (including phenoxy) is 2. The number of hydrogen-bond acceptors (Lipinski definition) is 4. The van der Waals surface area contributed by atoms with Crippen molar-refractivity contribution in [3.63, 3.8) is 0 Å². The van der Waals surface area contributed by atoms with Crippen molar-refractivity contribution >= 4 is 23.6 Å². The minimum absolute atomic E-state index is 0.110. The molecule has 6 nitrogen and oxygen atoms in total. The molecule has 2 aromatic carbocycles. The molecule has 2 N–H and O–H groups in total. The number of fused-ring (bicyclic) bond motifs is 1.